The van der Waals surface area contributed by atoms with E-state index in [1.54, 1.807) is 17.4 Å². The van der Waals surface area contributed by atoms with Gasteiger partial charge in [-0.1, -0.05) is 11.6 Å². The quantitative estimate of drug-likeness (QED) is 0.941. The van der Waals surface area contributed by atoms with Crippen molar-refractivity contribution in [1.29, 1.82) is 0 Å². The number of hydrogen-bond acceptors (Lipinski definition) is 4. The molecular formula is C15H15ClN2O2S. The monoisotopic (exact) mass is 322 g/mol. The van der Waals surface area contributed by atoms with E-state index in [9.17, 15) is 4.79 Å². The Morgan fingerprint density at radius 3 is 3.19 bits per heavy atom. The van der Waals surface area contributed by atoms with Crippen molar-refractivity contribution in [1.82, 2.24) is 10.3 Å². The molecule has 1 aliphatic rings. The number of amides is 1. The zero-order valence-corrected chi connectivity index (χ0v) is 13.1. The number of ether oxygens (including phenoxy) is 1. The minimum Gasteiger partial charge on any atom is -0.480 e. The zero-order valence-electron chi connectivity index (χ0n) is 11.6. The van der Waals surface area contributed by atoms with Crippen molar-refractivity contribution in [2.24, 2.45) is 0 Å². The Kier molecular flexibility index (Phi) is 4.12. The standard InChI is InChI=1S/C15H15ClN2O2S/c1-9-18-12(8-21-9)4-5-17-15(19)14-7-10-6-11(16)2-3-13(10)20-14/h2-3,6,8,14H,4-5,7H2,1H3,(H,17,19)/t14-/m1/s1. The van der Waals surface area contributed by atoms with E-state index in [2.05, 4.69) is 10.3 Å². The van der Waals surface area contributed by atoms with Gasteiger partial charge in [-0.15, -0.1) is 11.3 Å². The number of nitrogens with zero attached hydrogens (tertiary/aromatic N) is 1. The number of aryl methyl sites for hydroxylation is 1. The summed E-state index contributed by atoms with van der Waals surface area (Å²) < 4.78 is 5.65. The lowest BCUT2D eigenvalue weighted by Gasteiger charge is -2.10. The molecule has 110 valence electrons. The Balaban J connectivity index is 1.51. The summed E-state index contributed by atoms with van der Waals surface area (Å²) in [6, 6.07) is 5.43. The fourth-order valence-electron chi connectivity index (χ4n) is 2.31. The van der Waals surface area contributed by atoms with Gasteiger partial charge in [0.1, 0.15) is 5.75 Å². The van der Waals surface area contributed by atoms with Crippen LogP contribution in [0.5, 0.6) is 5.75 Å². The van der Waals surface area contributed by atoms with Crippen LogP contribution in [0.4, 0.5) is 0 Å². The van der Waals surface area contributed by atoms with Crippen molar-refractivity contribution in [2.45, 2.75) is 25.9 Å². The van der Waals surface area contributed by atoms with E-state index in [0.29, 0.717) is 18.0 Å². The lowest BCUT2D eigenvalue weighted by atomic mass is 10.1. The van der Waals surface area contributed by atoms with Gasteiger partial charge in [-0.2, -0.15) is 0 Å². The maximum Gasteiger partial charge on any atom is 0.261 e. The molecule has 1 aromatic heterocycles. The molecule has 1 aromatic carbocycles. The number of halogens is 1. The van der Waals surface area contributed by atoms with Crippen LogP contribution in [0.2, 0.25) is 5.02 Å². The van der Waals surface area contributed by atoms with Crippen molar-refractivity contribution in [3.63, 3.8) is 0 Å². The van der Waals surface area contributed by atoms with Gasteiger partial charge in [0.15, 0.2) is 6.10 Å². The number of hydrogen-bond donors (Lipinski definition) is 1. The number of carbonyl (C=O) groups excluding carboxylic acids is 1. The van der Waals surface area contributed by atoms with Crippen LogP contribution in [0.3, 0.4) is 0 Å². The maximum atomic E-state index is 12.1. The number of aromatic nitrogens is 1. The van der Waals surface area contributed by atoms with Crippen LogP contribution >= 0.6 is 22.9 Å². The van der Waals surface area contributed by atoms with Crippen LogP contribution in [0.25, 0.3) is 0 Å². The topological polar surface area (TPSA) is 51.2 Å². The van der Waals surface area contributed by atoms with E-state index >= 15 is 0 Å². The molecule has 1 aliphatic heterocycles. The molecule has 0 saturated heterocycles. The Labute approximate surface area is 132 Å². The van der Waals surface area contributed by atoms with Crippen LogP contribution in [0.15, 0.2) is 23.6 Å². The highest BCUT2D eigenvalue weighted by Gasteiger charge is 2.28. The number of thiazole rings is 1. The average Bonchev–Trinajstić information content (AvgIpc) is 3.04. The van der Waals surface area contributed by atoms with E-state index in [1.165, 1.54) is 0 Å². The first-order valence-electron chi connectivity index (χ1n) is 6.75. The number of benzene rings is 1. The van der Waals surface area contributed by atoms with Gasteiger partial charge in [0.25, 0.3) is 5.91 Å². The summed E-state index contributed by atoms with van der Waals surface area (Å²) in [6.45, 7) is 2.54. The number of carbonyl (C=O) groups is 1. The van der Waals surface area contributed by atoms with Gasteiger partial charge in [0, 0.05) is 29.8 Å². The molecule has 0 spiro atoms. The summed E-state index contributed by atoms with van der Waals surface area (Å²) in [4.78, 5) is 16.5. The molecule has 6 heteroatoms. The van der Waals surface area contributed by atoms with Gasteiger partial charge in [-0.05, 0) is 30.7 Å². The van der Waals surface area contributed by atoms with Gasteiger partial charge < -0.3 is 10.1 Å². The van der Waals surface area contributed by atoms with Crippen molar-refractivity contribution in [3.8, 4) is 5.75 Å². The third kappa shape index (κ3) is 3.36. The van der Waals surface area contributed by atoms with Gasteiger partial charge in [-0.25, -0.2) is 4.98 Å². The average molecular weight is 323 g/mol. The fraction of sp³-hybridized carbons (Fsp3) is 0.333. The van der Waals surface area contributed by atoms with Gasteiger partial charge in [0.05, 0.1) is 10.7 Å². The van der Waals surface area contributed by atoms with Crippen LogP contribution in [0.1, 0.15) is 16.3 Å². The molecule has 2 heterocycles. The van der Waals surface area contributed by atoms with Crippen LogP contribution in [0, 0.1) is 6.92 Å². The van der Waals surface area contributed by atoms with E-state index < -0.39 is 6.10 Å². The highest BCUT2D eigenvalue weighted by atomic mass is 35.5. The minimum absolute atomic E-state index is 0.0886. The molecule has 0 bridgehead atoms. The molecule has 21 heavy (non-hydrogen) atoms. The largest absolute Gasteiger partial charge is 0.480 e. The summed E-state index contributed by atoms with van der Waals surface area (Å²) in [6.07, 6.45) is 0.842. The normalized spacial score (nSPS) is 16.4. The number of rotatable bonds is 4. The summed E-state index contributed by atoms with van der Waals surface area (Å²) in [5, 5.41) is 6.63. The number of fused-ring (bicyclic) bond motifs is 1. The molecule has 0 unspecified atom stereocenters. The van der Waals surface area contributed by atoms with Crippen molar-refractivity contribution in [2.75, 3.05) is 6.54 Å². The van der Waals surface area contributed by atoms with E-state index in [4.69, 9.17) is 16.3 Å². The van der Waals surface area contributed by atoms with Crippen LogP contribution in [-0.2, 0) is 17.6 Å². The summed E-state index contributed by atoms with van der Waals surface area (Å²) >= 11 is 7.56. The third-order valence-corrected chi connectivity index (χ3v) is 4.39. The Morgan fingerprint density at radius 2 is 2.43 bits per heavy atom. The van der Waals surface area contributed by atoms with Crippen molar-refractivity contribution in [3.05, 3.63) is 44.9 Å². The first kappa shape index (κ1) is 14.4. The van der Waals surface area contributed by atoms with E-state index in [1.807, 2.05) is 24.4 Å². The fourth-order valence-corrected chi connectivity index (χ4v) is 3.16. The molecule has 1 N–H and O–H groups in total. The Morgan fingerprint density at radius 1 is 1.57 bits per heavy atom. The molecule has 0 fully saturated rings. The van der Waals surface area contributed by atoms with E-state index in [0.717, 1.165) is 28.4 Å². The van der Waals surface area contributed by atoms with Crippen LogP contribution in [-0.4, -0.2) is 23.5 Å². The van der Waals surface area contributed by atoms with Gasteiger partial charge >= 0.3 is 0 Å². The summed E-state index contributed by atoms with van der Waals surface area (Å²) in [5.74, 6) is 0.656. The molecular weight excluding hydrogens is 308 g/mol. The van der Waals surface area contributed by atoms with Gasteiger partial charge in [0.2, 0.25) is 0 Å². The highest BCUT2D eigenvalue weighted by molar-refractivity contribution is 7.09. The smallest absolute Gasteiger partial charge is 0.261 e. The molecule has 3 rings (SSSR count). The first-order valence-corrected chi connectivity index (χ1v) is 8.01. The molecule has 0 aliphatic carbocycles. The predicted molar refractivity (Wildman–Crippen MR) is 83.1 cm³/mol. The lowest BCUT2D eigenvalue weighted by molar-refractivity contribution is -0.127. The highest BCUT2D eigenvalue weighted by Crippen LogP contribution is 2.31. The maximum absolute atomic E-state index is 12.1. The Bertz CT molecular complexity index is 671. The molecule has 1 atom stereocenters. The molecule has 2 aromatic rings. The summed E-state index contributed by atoms with van der Waals surface area (Å²) in [7, 11) is 0. The lowest BCUT2D eigenvalue weighted by Crippen LogP contribution is -2.38. The van der Waals surface area contributed by atoms with Crippen molar-refractivity contribution >= 4 is 28.8 Å². The Hall–Kier alpha value is -1.59. The van der Waals surface area contributed by atoms with Crippen LogP contribution < -0.4 is 10.1 Å². The summed E-state index contributed by atoms with van der Waals surface area (Å²) in [5.41, 5.74) is 2.00. The molecule has 1 amide bonds. The van der Waals surface area contributed by atoms with Gasteiger partial charge in [-0.3, -0.25) is 4.79 Å². The minimum atomic E-state index is -0.462. The third-order valence-electron chi connectivity index (χ3n) is 3.34. The zero-order chi connectivity index (χ0) is 14.8. The second-order valence-electron chi connectivity index (χ2n) is 4.96. The second-order valence-corrected chi connectivity index (χ2v) is 6.46. The molecule has 4 nitrogen and oxygen atoms in total. The molecule has 0 saturated carbocycles. The van der Waals surface area contributed by atoms with E-state index in [-0.39, 0.29) is 5.91 Å². The SMILES string of the molecule is Cc1nc(CCNC(=O)[C@H]2Cc3cc(Cl)ccc3O2)cs1. The van der Waals surface area contributed by atoms with Crippen molar-refractivity contribution < 1.29 is 9.53 Å². The first-order chi connectivity index (χ1) is 10.1. The molecule has 0 radical (unpaired) electrons. The predicted octanol–water partition coefficient (Wildman–Crippen LogP) is 2.77. The second kappa shape index (κ2) is 6.03. The number of nitrogens with one attached hydrogen (secondary N) is 1.